The molecule has 5 nitrogen and oxygen atoms in total. The first-order chi connectivity index (χ1) is 24.9. The molecule has 0 aliphatic carbocycles. The van der Waals surface area contributed by atoms with Gasteiger partial charge in [-0.3, -0.25) is 0 Å². The third kappa shape index (κ3) is 10.7. The summed E-state index contributed by atoms with van der Waals surface area (Å²) >= 11 is 0. The molecular weight excluding hydrogens is 665 g/mol. The first kappa shape index (κ1) is 40.2. The molecule has 51 heavy (non-hydrogen) atoms. The van der Waals surface area contributed by atoms with Crippen molar-refractivity contribution in [1.82, 2.24) is 0 Å². The number of para-hydroxylation sites is 4. The molecule has 0 aliphatic rings. The van der Waals surface area contributed by atoms with Gasteiger partial charge < -0.3 is 23.1 Å². The molecule has 0 spiro atoms. The van der Waals surface area contributed by atoms with Gasteiger partial charge in [0, 0.05) is 20.7 Å². The molecule has 0 bridgehead atoms. The van der Waals surface area contributed by atoms with Gasteiger partial charge in [-0.1, -0.05) is 126 Å². The Kier molecular flexibility index (Phi) is 16.7. The van der Waals surface area contributed by atoms with E-state index in [0.717, 1.165) is 117 Å². The summed E-state index contributed by atoms with van der Waals surface area (Å²) in [6.07, 6.45) is 8.28. The summed E-state index contributed by atoms with van der Waals surface area (Å²) in [5, 5.41) is 4.60. The SMILES string of the molecule is CCCCOc1c(C)cccc1[SiH](O[SiH](c1cccc(C)c1OCCCC)c1cccc(C)c1OCCCC)c1cccc(C)c1OCCCC. The Bertz CT molecular complexity index is 1420. The van der Waals surface area contributed by atoms with Crippen molar-refractivity contribution in [3.05, 3.63) is 95.1 Å². The Morgan fingerprint density at radius 2 is 0.608 bits per heavy atom. The molecule has 4 aromatic rings. The van der Waals surface area contributed by atoms with Crippen LogP contribution in [0.25, 0.3) is 0 Å². The van der Waals surface area contributed by atoms with Crippen molar-refractivity contribution in [2.24, 2.45) is 0 Å². The van der Waals surface area contributed by atoms with Crippen molar-refractivity contribution in [2.75, 3.05) is 26.4 Å². The molecule has 0 unspecified atom stereocenters. The van der Waals surface area contributed by atoms with Gasteiger partial charge in [0.25, 0.3) is 0 Å². The van der Waals surface area contributed by atoms with E-state index in [1.807, 2.05) is 0 Å². The van der Waals surface area contributed by atoms with E-state index in [1.165, 1.54) is 0 Å². The smallest absolute Gasteiger partial charge is 0.236 e. The van der Waals surface area contributed by atoms with E-state index in [9.17, 15) is 0 Å². The molecule has 0 saturated carbocycles. The third-order valence-electron chi connectivity index (χ3n) is 9.35. The van der Waals surface area contributed by atoms with Gasteiger partial charge in [0.1, 0.15) is 23.0 Å². The van der Waals surface area contributed by atoms with Crippen LogP contribution in [-0.2, 0) is 4.12 Å². The molecule has 0 aromatic heterocycles. The first-order valence-electron chi connectivity index (χ1n) is 19.4. The predicted molar refractivity (Wildman–Crippen MR) is 220 cm³/mol. The van der Waals surface area contributed by atoms with Crippen LogP contribution in [0.1, 0.15) is 101 Å². The molecule has 0 N–H and O–H groups in total. The van der Waals surface area contributed by atoms with Crippen LogP contribution < -0.4 is 39.7 Å². The minimum atomic E-state index is -2.52. The van der Waals surface area contributed by atoms with Crippen LogP contribution >= 0.6 is 0 Å². The number of rotatable bonds is 22. The summed E-state index contributed by atoms with van der Waals surface area (Å²) in [6.45, 7) is 20.1. The first-order valence-corrected chi connectivity index (χ1v) is 22.7. The van der Waals surface area contributed by atoms with Crippen molar-refractivity contribution in [3.63, 3.8) is 0 Å². The van der Waals surface area contributed by atoms with Crippen LogP contribution in [0.3, 0.4) is 0 Å². The Hall–Kier alpha value is -3.53. The van der Waals surface area contributed by atoms with Crippen molar-refractivity contribution < 1.29 is 23.1 Å². The summed E-state index contributed by atoms with van der Waals surface area (Å²) < 4.78 is 34.6. The van der Waals surface area contributed by atoms with Crippen LogP contribution in [0.5, 0.6) is 23.0 Å². The molecule has 4 rings (SSSR count). The maximum absolute atomic E-state index is 7.96. The fourth-order valence-corrected chi connectivity index (χ4v) is 13.8. The highest BCUT2D eigenvalue weighted by Gasteiger charge is 2.35. The summed E-state index contributed by atoms with van der Waals surface area (Å²) in [5.74, 6) is 3.79. The van der Waals surface area contributed by atoms with Gasteiger partial charge in [-0.2, -0.15) is 0 Å². The number of hydrogen-bond donors (Lipinski definition) is 0. The highest BCUT2D eigenvalue weighted by Crippen LogP contribution is 2.25. The minimum absolute atomic E-state index is 0.671. The Labute approximate surface area is 312 Å². The summed E-state index contributed by atoms with van der Waals surface area (Å²) in [7, 11) is -5.05. The lowest BCUT2D eigenvalue weighted by Crippen LogP contribution is -2.57. The standard InChI is InChI=1S/C44H62O5Si2/c1-9-13-29-45-41-33(5)21-17-25-37(41)50(38-26-18-22-34(6)42(38)46-30-14-10-2)49-51(39-27-19-23-35(7)43(39)47-31-15-11-3)40-28-20-24-36(8)44(40)48-32-16-12-4/h17-28,50-51H,9-16,29-32H2,1-8H3. The average molecular weight is 727 g/mol. The second-order valence-corrected chi connectivity index (χ2v) is 18.8. The van der Waals surface area contributed by atoms with E-state index in [4.69, 9.17) is 23.1 Å². The number of benzene rings is 4. The zero-order valence-electron chi connectivity index (χ0n) is 32.6. The van der Waals surface area contributed by atoms with E-state index in [0.29, 0.717) is 26.4 Å². The fourth-order valence-electron chi connectivity index (χ4n) is 6.35. The van der Waals surface area contributed by atoms with E-state index >= 15 is 0 Å². The maximum atomic E-state index is 7.96. The average Bonchev–Trinajstić information content (AvgIpc) is 3.12. The van der Waals surface area contributed by atoms with Crippen molar-refractivity contribution in [2.45, 2.75) is 107 Å². The normalized spacial score (nSPS) is 11.3. The minimum Gasteiger partial charge on any atom is -0.493 e. The van der Waals surface area contributed by atoms with Crippen LogP contribution in [-0.4, -0.2) is 44.5 Å². The van der Waals surface area contributed by atoms with E-state index in [-0.39, 0.29) is 0 Å². The van der Waals surface area contributed by atoms with Crippen LogP contribution in [0.15, 0.2) is 72.8 Å². The molecule has 0 atom stereocenters. The highest BCUT2D eigenvalue weighted by atomic mass is 28.4. The fraction of sp³-hybridized carbons (Fsp3) is 0.455. The molecule has 0 amide bonds. The van der Waals surface area contributed by atoms with Gasteiger partial charge in [0.05, 0.1) is 26.4 Å². The zero-order valence-corrected chi connectivity index (χ0v) is 34.9. The molecule has 0 aliphatic heterocycles. The van der Waals surface area contributed by atoms with Crippen molar-refractivity contribution in [1.29, 1.82) is 0 Å². The van der Waals surface area contributed by atoms with Gasteiger partial charge in [-0.25, -0.2) is 0 Å². The van der Waals surface area contributed by atoms with Gasteiger partial charge in [-0.05, 0) is 75.6 Å². The molecular formula is C44H62O5Si2. The Balaban J connectivity index is 2.02. The van der Waals surface area contributed by atoms with Crippen LogP contribution in [0.4, 0.5) is 0 Å². The second kappa shape index (κ2) is 21.1. The lowest BCUT2D eigenvalue weighted by molar-refractivity contribution is 0.308. The Morgan fingerprint density at radius 3 is 0.824 bits per heavy atom. The lowest BCUT2D eigenvalue weighted by atomic mass is 10.2. The van der Waals surface area contributed by atoms with E-state index in [1.54, 1.807) is 0 Å². The van der Waals surface area contributed by atoms with Gasteiger partial charge in [0.15, 0.2) is 0 Å². The molecule has 0 radical (unpaired) electrons. The van der Waals surface area contributed by atoms with Gasteiger partial charge >= 0.3 is 0 Å². The molecule has 0 fully saturated rings. The largest absolute Gasteiger partial charge is 0.493 e. The van der Waals surface area contributed by atoms with Gasteiger partial charge in [-0.15, -0.1) is 0 Å². The summed E-state index contributed by atoms with van der Waals surface area (Å²) in [5.41, 5.74) is 4.51. The van der Waals surface area contributed by atoms with E-state index in [2.05, 4.69) is 128 Å². The topological polar surface area (TPSA) is 46.2 Å². The van der Waals surface area contributed by atoms with Crippen molar-refractivity contribution in [3.8, 4) is 23.0 Å². The highest BCUT2D eigenvalue weighted by molar-refractivity contribution is 6.93. The molecule has 7 heteroatoms. The Morgan fingerprint density at radius 1 is 0.373 bits per heavy atom. The summed E-state index contributed by atoms with van der Waals surface area (Å²) in [4.78, 5) is 0. The van der Waals surface area contributed by atoms with Crippen LogP contribution in [0, 0.1) is 27.7 Å². The van der Waals surface area contributed by atoms with Crippen LogP contribution in [0.2, 0.25) is 0 Å². The third-order valence-corrected chi connectivity index (χ3v) is 15.6. The van der Waals surface area contributed by atoms with Crippen molar-refractivity contribution >= 4 is 38.8 Å². The number of hydrogen-bond acceptors (Lipinski definition) is 5. The molecule has 4 aromatic carbocycles. The maximum Gasteiger partial charge on any atom is 0.236 e. The number of unbranched alkanes of at least 4 members (excludes halogenated alkanes) is 4. The lowest BCUT2D eigenvalue weighted by Gasteiger charge is -2.30. The second-order valence-electron chi connectivity index (χ2n) is 13.7. The van der Waals surface area contributed by atoms with E-state index < -0.39 is 18.1 Å². The zero-order chi connectivity index (χ0) is 36.6. The molecule has 276 valence electrons. The molecule has 0 saturated heterocycles. The van der Waals surface area contributed by atoms with Gasteiger partial charge in [0.2, 0.25) is 18.1 Å². The molecule has 0 heterocycles. The predicted octanol–water partition coefficient (Wildman–Crippen LogP) is 8.03. The monoisotopic (exact) mass is 726 g/mol. The summed E-state index contributed by atoms with van der Waals surface area (Å²) in [6, 6.07) is 26.2. The number of aryl methyl sites for hydroxylation is 4. The number of ether oxygens (including phenoxy) is 4. The quantitative estimate of drug-likeness (QED) is 0.0607.